The van der Waals surface area contributed by atoms with Crippen LogP contribution in [0.5, 0.6) is 5.75 Å². The molecule has 19 heavy (non-hydrogen) atoms. The van der Waals surface area contributed by atoms with Gasteiger partial charge in [-0.25, -0.2) is 0 Å². The fraction of sp³-hybridized carbons (Fsp3) is 0.133. The van der Waals surface area contributed by atoms with Gasteiger partial charge < -0.3 is 9.30 Å². The van der Waals surface area contributed by atoms with Gasteiger partial charge in [0.25, 0.3) is 5.56 Å². The number of halogens is 1. The Kier molecular flexibility index (Phi) is 3.94. The predicted molar refractivity (Wildman–Crippen MR) is 76.5 cm³/mol. The Labute approximate surface area is 116 Å². The lowest BCUT2D eigenvalue weighted by molar-refractivity contribution is 0.370. The monoisotopic (exact) mass is 273 g/mol. The normalized spacial score (nSPS) is 9.95. The molecular formula is C15H12ClNO2. The number of ether oxygens (including phenoxy) is 1. The number of hydrogen-bond acceptors (Lipinski definition) is 2. The molecule has 0 unspecified atom stereocenters. The van der Waals surface area contributed by atoms with Crippen molar-refractivity contribution in [2.24, 2.45) is 7.05 Å². The zero-order chi connectivity index (χ0) is 13.8. The summed E-state index contributed by atoms with van der Waals surface area (Å²) >= 11 is 6.22. The van der Waals surface area contributed by atoms with Crippen molar-refractivity contribution in [1.29, 1.82) is 0 Å². The summed E-state index contributed by atoms with van der Waals surface area (Å²) in [7, 11) is 1.71. The molecule has 0 aliphatic rings. The molecule has 1 aromatic carbocycles. The first-order chi connectivity index (χ1) is 9.13. The van der Waals surface area contributed by atoms with Gasteiger partial charge in [-0.1, -0.05) is 23.6 Å². The minimum absolute atomic E-state index is 0.0822. The van der Waals surface area contributed by atoms with Gasteiger partial charge in [-0.3, -0.25) is 4.79 Å². The van der Waals surface area contributed by atoms with E-state index in [-0.39, 0.29) is 12.2 Å². The molecule has 0 N–H and O–H groups in total. The van der Waals surface area contributed by atoms with Gasteiger partial charge in [0.15, 0.2) is 0 Å². The van der Waals surface area contributed by atoms with Gasteiger partial charge in [0, 0.05) is 18.7 Å². The molecule has 96 valence electrons. The molecule has 2 rings (SSSR count). The second-order valence-corrected chi connectivity index (χ2v) is 4.35. The molecular weight excluding hydrogens is 262 g/mol. The first-order valence-electron chi connectivity index (χ1n) is 5.65. The third-order valence-corrected chi connectivity index (χ3v) is 3.04. The molecule has 0 fully saturated rings. The van der Waals surface area contributed by atoms with Crippen molar-refractivity contribution in [3.05, 3.63) is 51.8 Å². The SMILES string of the molecule is C#CCOc1ccc(-c2cccc(=O)n2C)c(Cl)c1. The maximum absolute atomic E-state index is 11.6. The molecule has 0 amide bonds. The van der Waals surface area contributed by atoms with Crippen LogP contribution in [0.2, 0.25) is 5.02 Å². The summed E-state index contributed by atoms with van der Waals surface area (Å²) in [5, 5.41) is 0.510. The van der Waals surface area contributed by atoms with Crippen LogP contribution in [0.3, 0.4) is 0 Å². The Morgan fingerprint density at radius 2 is 2.16 bits per heavy atom. The quantitative estimate of drug-likeness (QED) is 0.805. The van der Waals surface area contributed by atoms with Crippen molar-refractivity contribution in [2.45, 2.75) is 0 Å². The van der Waals surface area contributed by atoms with Gasteiger partial charge in [-0.2, -0.15) is 0 Å². The van der Waals surface area contributed by atoms with Crippen LogP contribution in [0.15, 0.2) is 41.2 Å². The molecule has 1 aromatic heterocycles. The van der Waals surface area contributed by atoms with Crippen LogP contribution in [0, 0.1) is 12.3 Å². The Hall–Kier alpha value is -2.18. The van der Waals surface area contributed by atoms with E-state index in [1.807, 2.05) is 12.1 Å². The third-order valence-electron chi connectivity index (χ3n) is 2.72. The van der Waals surface area contributed by atoms with Crippen molar-refractivity contribution < 1.29 is 4.74 Å². The third kappa shape index (κ3) is 2.81. The molecule has 0 saturated carbocycles. The minimum atomic E-state index is -0.0822. The lowest BCUT2D eigenvalue weighted by Crippen LogP contribution is -2.16. The highest BCUT2D eigenvalue weighted by Crippen LogP contribution is 2.30. The summed E-state index contributed by atoms with van der Waals surface area (Å²) in [4.78, 5) is 11.6. The largest absolute Gasteiger partial charge is 0.481 e. The van der Waals surface area contributed by atoms with E-state index in [1.54, 1.807) is 29.8 Å². The fourth-order valence-corrected chi connectivity index (χ4v) is 2.02. The van der Waals surface area contributed by atoms with Crippen LogP contribution in [-0.2, 0) is 7.05 Å². The molecule has 0 radical (unpaired) electrons. The average Bonchev–Trinajstić information content (AvgIpc) is 2.40. The number of terminal acetylenes is 1. The van der Waals surface area contributed by atoms with Crippen molar-refractivity contribution in [3.8, 4) is 29.4 Å². The summed E-state index contributed by atoms with van der Waals surface area (Å²) < 4.78 is 6.84. The molecule has 0 bridgehead atoms. The number of pyridine rings is 1. The summed E-state index contributed by atoms with van der Waals surface area (Å²) in [6, 6.07) is 10.3. The highest BCUT2D eigenvalue weighted by molar-refractivity contribution is 6.33. The van der Waals surface area contributed by atoms with Gasteiger partial charge in [-0.05, 0) is 24.3 Å². The van der Waals surface area contributed by atoms with Gasteiger partial charge in [0.2, 0.25) is 0 Å². The molecule has 0 aliphatic carbocycles. The summed E-state index contributed by atoms with van der Waals surface area (Å²) in [6.45, 7) is 0.194. The second kappa shape index (κ2) is 5.64. The van der Waals surface area contributed by atoms with Crippen molar-refractivity contribution in [3.63, 3.8) is 0 Å². The topological polar surface area (TPSA) is 31.2 Å². The van der Waals surface area contributed by atoms with Crippen LogP contribution in [0.4, 0.5) is 0 Å². The van der Waals surface area contributed by atoms with E-state index < -0.39 is 0 Å². The maximum Gasteiger partial charge on any atom is 0.250 e. The Balaban J connectivity index is 2.44. The smallest absolute Gasteiger partial charge is 0.250 e. The van der Waals surface area contributed by atoms with Gasteiger partial charge in [-0.15, -0.1) is 6.42 Å². The molecule has 4 heteroatoms. The predicted octanol–water partition coefficient (Wildman–Crippen LogP) is 2.72. The Bertz CT molecular complexity index is 698. The van der Waals surface area contributed by atoms with Gasteiger partial charge in [0.05, 0.1) is 10.7 Å². The average molecular weight is 274 g/mol. The Morgan fingerprint density at radius 1 is 1.37 bits per heavy atom. The van der Waals surface area contributed by atoms with Crippen molar-refractivity contribution in [2.75, 3.05) is 6.61 Å². The lowest BCUT2D eigenvalue weighted by atomic mass is 10.1. The number of hydrogen-bond donors (Lipinski definition) is 0. The zero-order valence-corrected chi connectivity index (χ0v) is 11.1. The van der Waals surface area contributed by atoms with E-state index >= 15 is 0 Å². The van der Waals surface area contributed by atoms with Crippen LogP contribution in [0.1, 0.15) is 0 Å². The van der Waals surface area contributed by atoms with Crippen LogP contribution in [0.25, 0.3) is 11.3 Å². The number of nitrogens with zero attached hydrogens (tertiary/aromatic N) is 1. The van der Waals surface area contributed by atoms with Crippen LogP contribution in [-0.4, -0.2) is 11.2 Å². The molecule has 0 aliphatic heterocycles. The van der Waals surface area contributed by atoms with E-state index in [9.17, 15) is 4.79 Å². The summed E-state index contributed by atoms with van der Waals surface area (Å²) in [5.74, 6) is 2.99. The fourth-order valence-electron chi connectivity index (χ4n) is 1.75. The van der Waals surface area contributed by atoms with Crippen LogP contribution < -0.4 is 10.3 Å². The molecule has 0 spiro atoms. The highest BCUT2D eigenvalue weighted by Gasteiger charge is 2.08. The molecule has 2 aromatic rings. The Morgan fingerprint density at radius 3 is 2.84 bits per heavy atom. The maximum atomic E-state index is 11.6. The zero-order valence-electron chi connectivity index (χ0n) is 10.4. The molecule has 3 nitrogen and oxygen atoms in total. The summed E-state index contributed by atoms with van der Waals surface area (Å²) in [5.41, 5.74) is 1.44. The number of rotatable bonds is 3. The number of aromatic nitrogens is 1. The van der Waals surface area contributed by atoms with E-state index in [2.05, 4.69) is 5.92 Å². The van der Waals surface area contributed by atoms with E-state index in [0.29, 0.717) is 10.8 Å². The van der Waals surface area contributed by atoms with Crippen molar-refractivity contribution >= 4 is 11.6 Å². The van der Waals surface area contributed by atoms with E-state index in [0.717, 1.165) is 11.3 Å². The molecule has 0 saturated heterocycles. The second-order valence-electron chi connectivity index (χ2n) is 3.94. The van der Waals surface area contributed by atoms with E-state index in [1.165, 1.54) is 6.07 Å². The van der Waals surface area contributed by atoms with Crippen molar-refractivity contribution in [1.82, 2.24) is 4.57 Å². The van der Waals surface area contributed by atoms with Gasteiger partial charge in [0.1, 0.15) is 12.4 Å². The minimum Gasteiger partial charge on any atom is -0.481 e. The van der Waals surface area contributed by atoms with E-state index in [4.69, 9.17) is 22.8 Å². The lowest BCUT2D eigenvalue weighted by Gasteiger charge is -2.11. The molecule has 1 heterocycles. The highest BCUT2D eigenvalue weighted by atomic mass is 35.5. The van der Waals surface area contributed by atoms with Crippen LogP contribution >= 0.6 is 11.6 Å². The number of benzene rings is 1. The molecule has 0 atom stereocenters. The first-order valence-corrected chi connectivity index (χ1v) is 6.03. The standard InChI is InChI=1S/C15H12ClNO2/c1-3-9-19-11-7-8-12(13(16)10-11)14-5-4-6-15(18)17(14)2/h1,4-8,10H,9H2,2H3. The first kappa shape index (κ1) is 13.3. The van der Waals surface area contributed by atoms with Gasteiger partial charge >= 0.3 is 0 Å². The summed E-state index contributed by atoms with van der Waals surface area (Å²) in [6.07, 6.45) is 5.13.